The Labute approximate surface area is 106 Å². The Balaban J connectivity index is 1.88. The number of nitrogens with zero attached hydrogens (tertiary/aromatic N) is 2. The summed E-state index contributed by atoms with van der Waals surface area (Å²) < 4.78 is 2.64. The van der Waals surface area contributed by atoms with E-state index in [1.807, 2.05) is 0 Å². The van der Waals surface area contributed by atoms with Gasteiger partial charge in [-0.05, 0) is 25.3 Å². The molecule has 0 bridgehead atoms. The van der Waals surface area contributed by atoms with Gasteiger partial charge in [0.05, 0.1) is 0 Å². The van der Waals surface area contributed by atoms with Crippen molar-refractivity contribution in [1.29, 1.82) is 0 Å². The molecule has 0 spiro atoms. The molecular weight excluding hydrogens is 230 g/mol. The number of hydrogen-bond acceptors (Lipinski definition) is 3. The van der Waals surface area contributed by atoms with E-state index in [1.165, 1.54) is 43.4 Å². The summed E-state index contributed by atoms with van der Waals surface area (Å²) >= 11 is 0. The lowest BCUT2D eigenvalue weighted by molar-refractivity contribution is 0.565. The highest BCUT2D eigenvalue weighted by Crippen LogP contribution is 2.33. The zero-order valence-electron chi connectivity index (χ0n) is 11.1. The fourth-order valence-electron chi connectivity index (χ4n) is 2.09. The largest absolute Gasteiger partial charge is 0.330 e. The molecule has 2 rings (SSSR count). The molecule has 1 aromatic rings. The predicted octanol–water partition coefficient (Wildman–Crippen LogP) is 0.364. The third-order valence-corrected chi connectivity index (χ3v) is 3.59. The van der Waals surface area contributed by atoms with Gasteiger partial charge in [0.25, 0.3) is 5.56 Å². The first-order chi connectivity index (χ1) is 8.59. The molecule has 0 radical (unpaired) electrons. The Hall–Kier alpha value is -1.36. The Morgan fingerprint density at radius 3 is 2.67 bits per heavy atom. The van der Waals surface area contributed by atoms with Crippen LogP contribution in [0.25, 0.3) is 0 Å². The highest BCUT2D eigenvalue weighted by Gasteiger charge is 2.19. The third-order valence-electron chi connectivity index (χ3n) is 3.59. The van der Waals surface area contributed by atoms with Gasteiger partial charge in [-0.3, -0.25) is 13.9 Å². The van der Waals surface area contributed by atoms with Crippen LogP contribution in [0.1, 0.15) is 31.4 Å². The lowest BCUT2D eigenvalue weighted by atomic mass is 10.2. The number of nitrogens with one attached hydrogen (secondary N) is 1. The molecule has 1 N–H and O–H groups in total. The molecule has 0 amide bonds. The van der Waals surface area contributed by atoms with E-state index in [-0.39, 0.29) is 11.2 Å². The summed E-state index contributed by atoms with van der Waals surface area (Å²) in [6.45, 7) is 1.52. The van der Waals surface area contributed by atoms with Gasteiger partial charge >= 0.3 is 5.69 Å². The smallest absolute Gasteiger partial charge is 0.311 e. The molecule has 0 aliphatic heterocycles. The molecule has 1 fully saturated rings. The first-order valence-corrected chi connectivity index (χ1v) is 6.56. The van der Waals surface area contributed by atoms with Crippen LogP contribution in [0.3, 0.4) is 0 Å². The number of rotatable bonds is 6. The van der Waals surface area contributed by atoms with Crippen molar-refractivity contribution in [3.63, 3.8) is 0 Å². The van der Waals surface area contributed by atoms with Crippen molar-refractivity contribution in [1.82, 2.24) is 14.5 Å². The third kappa shape index (κ3) is 3.10. The summed E-state index contributed by atoms with van der Waals surface area (Å²) in [7, 11) is 3.19. The highest BCUT2D eigenvalue weighted by atomic mass is 16.2. The van der Waals surface area contributed by atoms with Crippen molar-refractivity contribution in [2.45, 2.75) is 32.2 Å². The van der Waals surface area contributed by atoms with Crippen molar-refractivity contribution in [3.05, 3.63) is 32.6 Å². The summed E-state index contributed by atoms with van der Waals surface area (Å²) in [5, 5.41) is 3.29. The number of hydrogen-bond donors (Lipinski definition) is 1. The van der Waals surface area contributed by atoms with Crippen molar-refractivity contribution in [2.75, 3.05) is 6.54 Å². The maximum atomic E-state index is 11.7. The van der Waals surface area contributed by atoms with Gasteiger partial charge in [0.2, 0.25) is 0 Å². The van der Waals surface area contributed by atoms with Gasteiger partial charge in [0.1, 0.15) is 0 Å². The molecule has 1 aromatic heterocycles. The molecule has 0 saturated heterocycles. The minimum atomic E-state index is -0.266. The summed E-state index contributed by atoms with van der Waals surface area (Å²) in [4.78, 5) is 23.2. The second-order valence-corrected chi connectivity index (χ2v) is 5.14. The maximum Gasteiger partial charge on any atom is 0.330 e. The first kappa shape index (κ1) is 13.1. The van der Waals surface area contributed by atoms with Crippen LogP contribution in [-0.2, 0) is 20.6 Å². The molecule has 100 valence electrons. The zero-order chi connectivity index (χ0) is 13.1. The lowest BCUT2D eigenvalue weighted by Gasteiger charge is -2.10. The van der Waals surface area contributed by atoms with E-state index in [2.05, 4.69) is 5.32 Å². The van der Waals surface area contributed by atoms with Crippen LogP contribution in [0.4, 0.5) is 0 Å². The van der Waals surface area contributed by atoms with Gasteiger partial charge in [-0.15, -0.1) is 0 Å². The van der Waals surface area contributed by atoms with Crippen molar-refractivity contribution >= 4 is 0 Å². The molecule has 18 heavy (non-hydrogen) atoms. The Kier molecular flexibility index (Phi) is 4.01. The van der Waals surface area contributed by atoms with E-state index >= 15 is 0 Å². The number of aromatic nitrogens is 2. The van der Waals surface area contributed by atoms with E-state index in [0.29, 0.717) is 6.54 Å². The molecule has 0 aromatic carbocycles. The van der Waals surface area contributed by atoms with Crippen LogP contribution >= 0.6 is 0 Å². The molecule has 1 heterocycles. The van der Waals surface area contributed by atoms with Gasteiger partial charge in [-0.1, -0.05) is 12.8 Å². The fraction of sp³-hybridized carbons (Fsp3) is 0.692. The van der Waals surface area contributed by atoms with Gasteiger partial charge in [-0.25, -0.2) is 4.79 Å². The quantitative estimate of drug-likeness (QED) is 0.743. The topological polar surface area (TPSA) is 56.0 Å². The van der Waals surface area contributed by atoms with E-state index in [4.69, 9.17) is 0 Å². The normalized spacial score (nSPS) is 15.0. The van der Waals surface area contributed by atoms with Gasteiger partial charge in [0.15, 0.2) is 0 Å². The molecule has 0 atom stereocenters. The second kappa shape index (κ2) is 5.52. The molecule has 0 unspecified atom stereocenters. The average molecular weight is 251 g/mol. The zero-order valence-corrected chi connectivity index (χ0v) is 11.1. The molecule has 5 heteroatoms. The maximum absolute atomic E-state index is 11.7. The minimum absolute atomic E-state index is 0.243. The first-order valence-electron chi connectivity index (χ1n) is 6.56. The van der Waals surface area contributed by atoms with Crippen LogP contribution < -0.4 is 16.6 Å². The van der Waals surface area contributed by atoms with Gasteiger partial charge < -0.3 is 5.32 Å². The van der Waals surface area contributed by atoms with Crippen LogP contribution in [-0.4, -0.2) is 15.7 Å². The second-order valence-electron chi connectivity index (χ2n) is 5.14. The van der Waals surface area contributed by atoms with Crippen LogP contribution in [0.2, 0.25) is 0 Å². The fourth-order valence-corrected chi connectivity index (χ4v) is 2.09. The average Bonchev–Trinajstić information content (AvgIpc) is 3.16. The summed E-state index contributed by atoms with van der Waals surface area (Å²) in [5.41, 5.74) is 0.236. The Morgan fingerprint density at radius 1 is 1.28 bits per heavy atom. The minimum Gasteiger partial charge on any atom is -0.311 e. The SMILES string of the molecule is Cn1c(CNCCCC2CC2)cc(=O)n(C)c1=O. The van der Waals surface area contributed by atoms with Crippen LogP contribution in [0.5, 0.6) is 0 Å². The summed E-state index contributed by atoms with van der Waals surface area (Å²) in [5.74, 6) is 0.958. The molecule has 1 aliphatic rings. The monoisotopic (exact) mass is 251 g/mol. The van der Waals surface area contributed by atoms with E-state index in [1.54, 1.807) is 7.05 Å². The molecule has 1 aliphatic carbocycles. The lowest BCUT2D eigenvalue weighted by Crippen LogP contribution is -2.39. The molecule has 5 nitrogen and oxygen atoms in total. The van der Waals surface area contributed by atoms with Crippen LogP contribution in [0, 0.1) is 5.92 Å². The van der Waals surface area contributed by atoms with Crippen molar-refractivity contribution in [3.8, 4) is 0 Å². The van der Waals surface area contributed by atoms with Gasteiger partial charge in [0, 0.05) is 32.4 Å². The van der Waals surface area contributed by atoms with Crippen molar-refractivity contribution in [2.24, 2.45) is 20.0 Å². The van der Waals surface area contributed by atoms with E-state index in [9.17, 15) is 9.59 Å². The summed E-state index contributed by atoms with van der Waals surface area (Å²) in [6, 6.07) is 1.52. The standard InChI is InChI=1S/C13H21N3O2/c1-15-11(8-12(17)16(2)13(15)18)9-14-7-3-4-10-5-6-10/h8,10,14H,3-7,9H2,1-2H3. The summed E-state index contributed by atoms with van der Waals surface area (Å²) in [6.07, 6.45) is 5.25. The highest BCUT2D eigenvalue weighted by molar-refractivity contribution is 5.01. The van der Waals surface area contributed by atoms with Crippen LogP contribution in [0.15, 0.2) is 15.7 Å². The van der Waals surface area contributed by atoms with E-state index < -0.39 is 0 Å². The Bertz CT molecular complexity index is 526. The van der Waals surface area contributed by atoms with Gasteiger partial charge in [-0.2, -0.15) is 0 Å². The molecule has 1 saturated carbocycles. The van der Waals surface area contributed by atoms with Crippen molar-refractivity contribution < 1.29 is 0 Å². The predicted molar refractivity (Wildman–Crippen MR) is 70.6 cm³/mol. The Morgan fingerprint density at radius 2 is 2.00 bits per heavy atom. The van der Waals surface area contributed by atoms with E-state index in [0.717, 1.165) is 22.7 Å². The molecular formula is C13H21N3O2.